The van der Waals surface area contributed by atoms with E-state index in [2.05, 4.69) is 15.5 Å². The molecule has 0 saturated carbocycles. The Balaban J connectivity index is 2.06. The molecule has 0 unspecified atom stereocenters. The molecule has 3 rings (SSSR count). The van der Waals surface area contributed by atoms with Gasteiger partial charge in [0.05, 0.1) is 35.9 Å². The fourth-order valence-corrected chi connectivity index (χ4v) is 4.27. The van der Waals surface area contributed by atoms with Gasteiger partial charge >= 0.3 is 5.97 Å². The van der Waals surface area contributed by atoms with Crippen molar-refractivity contribution >= 4 is 26.9 Å². The fourth-order valence-electron chi connectivity index (χ4n) is 3.30. The molecular formula is C21H21N3O5S. The zero-order valence-electron chi connectivity index (χ0n) is 16.8. The number of esters is 1. The third-order valence-electron chi connectivity index (χ3n) is 4.77. The van der Waals surface area contributed by atoms with Crippen LogP contribution >= 0.6 is 0 Å². The van der Waals surface area contributed by atoms with E-state index in [0.29, 0.717) is 29.1 Å². The van der Waals surface area contributed by atoms with E-state index in [4.69, 9.17) is 4.74 Å². The second kappa shape index (κ2) is 8.57. The van der Waals surface area contributed by atoms with E-state index in [1.165, 1.54) is 19.2 Å². The number of aryl methyl sites for hydroxylation is 1. The van der Waals surface area contributed by atoms with Crippen molar-refractivity contribution < 1.29 is 22.7 Å². The van der Waals surface area contributed by atoms with Crippen LogP contribution in [-0.2, 0) is 26.1 Å². The van der Waals surface area contributed by atoms with Gasteiger partial charge in [0.15, 0.2) is 0 Å². The number of benzene rings is 2. The lowest BCUT2D eigenvalue weighted by molar-refractivity contribution is -0.139. The summed E-state index contributed by atoms with van der Waals surface area (Å²) in [5.74, 6) is 0.000565. The first-order valence-electron chi connectivity index (χ1n) is 9.13. The SMILES string of the molecule is CCn1c(-c2ccc(S(=O)(=O)NCC(=O)OC)cc2)c(C#N)c2ccc(OC)cc21. The predicted octanol–water partition coefficient (Wildman–Crippen LogP) is 2.66. The first-order chi connectivity index (χ1) is 14.4. The van der Waals surface area contributed by atoms with Crippen molar-refractivity contribution in [3.63, 3.8) is 0 Å². The minimum Gasteiger partial charge on any atom is -0.497 e. The molecule has 0 fully saturated rings. The van der Waals surface area contributed by atoms with Gasteiger partial charge in [-0.15, -0.1) is 0 Å². The van der Waals surface area contributed by atoms with Gasteiger partial charge in [-0.3, -0.25) is 4.79 Å². The molecule has 1 aromatic heterocycles. The summed E-state index contributed by atoms with van der Waals surface area (Å²) < 4.78 is 38.7. The van der Waals surface area contributed by atoms with Crippen LogP contribution in [0.3, 0.4) is 0 Å². The molecule has 0 saturated heterocycles. The molecule has 30 heavy (non-hydrogen) atoms. The second-order valence-corrected chi connectivity index (χ2v) is 8.15. The molecule has 1 heterocycles. The molecule has 8 nitrogen and oxygen atoms in total. The summed E-state index contributed by atoms with van der Waals surface area (Å²) in [6.45, 7) is 2.13. The first-order valence-corrected chi connectivity index (χ1v) is 10.6. The normalized spacial score (nSPS) is 11.3. The average Bonchev–Trinajstić information content (AvgIpc) is 3.09. The molecule has 0 aliphatic rings. The topological polar surface area (TPSA) is 110 Å². The Morgan fingerprint density at radius 1 is 1.17 bits per heavy atom. The third kappa shape index (κ3) is 3.87. The zero-order chi connectivity index (χ0) is 21.9. The Hall–Kier alpha value is -3.35. The minimum atomic E-state index is -3.87. The maximum absolute atomic E-state index is 12.4. The van der Waals surface area contributed by atoms with Crippen LogP contribution in [0.4, 0.5) is 0 Å². The maximum Gasteiger partial charge on any atom is 0.320 e. The van der Waals surface area contributed by atoms with Crippen LogP contribution in [-0.4, -0.2) is 39.7 Å². The summed E-state index contributed by atoms with van der Waals surface area (Å²) >= 11 is 0. The van der Waals surface area contributed by atoms with Crippen molar-refractivity contribution in [3.8, 4) is 23.1 Å². The molecule has 2 aromatic carbocycles. The molecule has 9 heteroatoms. The number of hydrogen-bond donors (Lipinski definition) is 1. The molecule has 0 atom stereocenters. The number of sulfonamides is 1. The number of fused-ring (bicyclic) bond motifs is 1. The van der Waals surface area contributed by atoms with Crippen molar-refractivity contribution in [2.75, 3.05) is 20.8 Å². The lowest BCUT2D eigenvalue weighted by Crippen LogP contribution is -2.30. The van der Waals surface area contributed by atoms with Gasteiger partial charge in [-0.25, -0.2) is 8.42 Å². The van der Waals surface area contributed by atoms with E-state index >= 15 is 0 Å². The number of carbonyl (C=O) groups excluding carboxylic acids is 1. The van der Waals surface area contributed by atoms with Crippen molar-refractivity contribution in [1.29, 1.82) is 5.26 Å². The van der Waals surface area contributed by atoms with Crippen molar-refractivity contribution in [2.45, 2.75) is 18.4 Å². The lowest BCUT2D eigenvalue weighted by Gasteiger charge is -2.10. The molecule has 0 radical (unpaired) electrons. The standard InChI is InChI=1S/C21H21N3O5S/c1-4-24-19-11-15(28-2)7-10-17(19)18(12-22)21(24)14-5-8-16(9-6-14)30(26,27)23-13-20(25)29-3/h5-11,23H,4,13H2,1-3H3. The molecule has 0 bridgehead atoms. The number of methoxy groups -OCH3 is 2. The average molecular weight is 427 g/mol. The number of carbonyl (C=O) groups is 1. The summed E-state index contributed by atoms with van der Waals surface area (Å²) in [6.07, 6.45) is 0. The molecule has 0 aliphatic heterocycles. The van der Waals surface area contributed by atoms with Gasteiger partial charge in [0.2, 0.25) is 10.0 Å². The number of hydrogen-bond acceptors (Lipinski definition) is 6. The molecule has 156 valence electrons. The molecule has 0 spiro atoms. The molecule has 0 aliphatic carbocycles. The van der Waals surface area contributed by atoms with Crippen molar-refractivity contribution in [3.05, 3.63) is 48.0 Å². The van der Waals surface area contributed by atoms with Crippen LogP contribution in [0.25, 0.3) is 22.2 Å². The Morgan fingerprint density at radius 2 is 1.87 bits per heavy atom. The van der Waals surface area contributed by atoms with E-state index in [-0.39, 0.29) is 4.90 Å². The molecular weight excluding hydrogens is 406 g/mol. The second-order valence-electron chi connectivity index (χ2n) is 6.39. The number of nitrogens with zero attached hydrogens (tertiary/aromatic N) is 2. The number of ether oxygens (including phenoxy) is 2. The van der Waals surface area contributed by atoms with Crippen LogP contribution in [0.15, 0.2) is 47.4 Å². The van der Waals surface area contributed by atoms with E-state index < -0.39 is 22.5 Å². The number of nitrogens with one attached hydrogen (secondary N) is 1. The summed E-state index contributed by atoms with van der Waals surface area (Å²) in [4.78, 5) is 11.2. The lowest BCUT2D eigenvalue weighted by atomic mass is 10.1. The number of aromatic nitrogens is 1. The van der Waals surface area contributed by atoms with Crippen molar-refractivity contribution in [1.82, 2.24) is 9.29 Å². The van der Waals surface area contributed by atoms with Gasteiger partial charge in [0.1, 0.15) is 18.4 Å². The van der Waals surface area contributed by atoms with E-state index in [1.54, 1.807) is 25.3 Å². The van der Waals surface area contributed by atoms with Crippen LogP contribution in [0, 0.1) is 11.3 Å². The highest BCUT2D eigenvalue weighted by atomic mass is 32.2. The molecule has 0 amide bonds. The Kier molecular flexibility index (Phi) is 6.10. The highest BCUT2D eigenvalue weighted by molar-refractivity contribution is 7.89. The highest BCUT2D eigenvalue weighted by Gasteiger charge is 2.20. The third-order valence-corrected chi connectivity index (χ3v) is 6.19. The van der Waals surface area contributed by atoms with Crippen LogP contribution < -0.4 is 9.46 Å². The van der Waals surface area contributed by atoms with Crippen LogP contribution in [0.2, 0.25) is 0 Å². The van der Waals surface area contributed by atoms with Gasteiger partial charge in [0.25, 0.3) is 0 Å². The van der Waals surface area contributed by atoms with Gasteiger partial charge in [-0.05, 0) is 36.8 Å². The number of nitriles is 1. The predicted molar refractivity (Wildman–Crippen MR) is 112 cm³/mol. The largest absolute Gasteiger partial charge is 0.497 e. The highest BCUT2D eigenvalue weighted by Crippen LogP contribution is 2.35. The van der Waals surface area contributed by atoms with Crippen LogP contribution in [0.1, 0.15) is 12.5 Å². The van der Waals surface area contributed by atoms with E-state index in [1.807, 2.05) is 23.6 Å². The Labute approximate surface area is 174 Å². The summed E-state index contributed by atoms with van der Waals surface area (Å²) in [5, 5.41) is 10.6. The van der Waals surface area contributed by atoms with E-state index in [9.17, 15) is 18.5 Å². The Morgan fingerprint density at radius 3 is 2.43 bits per heavy atom. The quantitative estimate of drug-likeness (QED) is 0.581. The summed E-state index contributed by atoms with van der Waals surface area (Å²) in [5.41, 5.74) is 2.78. The summed E-state index contributed by atoms with van der Waals surface area (Å²) in [7, 11) is -1.10. The van der Waals surface area contributed by atoms with Crippen LogP contribution in [0.5, 0.6) is 5.75 Å². The molecule has 3 aromatic rings. The fraction of sp³-hybridized carbons (Fsp3) is 0.238. The van der Waals surface area contributed by atoms with E-state index in [0.717, 1.165) is 10.9 Å². The van der Waals surface area contributed by atoms with Gasteiger partial charge in [-0.1, -0.05) is 12.1 Å². The number of rotatable bonds is 7. The maximum atomic E-state index is 12.4. The minimum absolute atomic E-state index is 0.00879. The molecule has 1 N–H and O–H groups in total. The smallest absolute Gasteiger partial charge is 0.320 e. The monoisotopic (exact) mass is 427 g/mol. The summed E-state index contributed by atoms with van der Waals surface area (Å²) in [6, 6.07) is 14.0. The van der Waals surface area contributed by atoms with Crippen molar-refractivity contribution in [2.24, 2.45) is 0 Å². The van der Waals surface area contributed by atoms with Gasteiger partial charge in [0, 0.05) is 18.0 Å². The van der Waals surface area contributed by atoms with Gasteiger partial charge in [-0.2, -0.15) is 9.98 Å². The first kappa shape index (κ1) is 21.4. The zero-order valence-corrected chi connectivity index (χ0v) is 17.6. The Bertz CT molecular complexity index is 1240. The van der Waals surface area contributed by atoms with Gasteiger partial charge < -0.3 is 14.0 Å².